The second kappa shape index (κ2) is 6.81. The Hall–Kier alpha value is -2.85. The van der Waals surface area contributed by atoms with Gasteiger partial charge in [-0.15, -0.1) is 11.8 Å². The Balaban J connectivity index is 1.88. The summed E-state index contributed by atoms with van der Waals surface area (Å²) in [4.78, 5) is 18.5. The molecule has 0 spiro atoms. The van der Waals surface area contributed by atoms with Gasteiger partial charge in [-0.2, -0.15) is 0 Å². The number of ketones is 1. The van der Waals surface area contributed by atoms with Gasteiger partial charge in [0.05, 0.1) is 0 Å². The Kier molecular flexibility index (Phi) is 4.35. The molecule has 26 heavy (non-hydrogen) atoms. The van der Waals surface area contributed by atoms with Crippen molar-refractivity contribution in [3.8, 4) is 11.1 Å². The van der Waals surface area contributed by atoms with Gasteiger partial charge in [0, 0.05) is 27.8 Å². The lowest BCUT2D eigenvalue weighted by atomic mass is 9.84. The van der Waals surface area contributed by atoms with E-state index in [-0.39, 0.29) is 5.78 Å². The molecule has 3 aromatic rings. The average Bonchev–Trinajstić information content (AvgIpc) is 2.69. The van der Waals surface area contributed by atoms with Gasteiger partial charge in [0.15, 0.2) is 5.78 Å². The number of fused-ring (bicyclic) bond motifs is 1. The monoisotopic (exact) mass is 358 g/mol. The normalized spacial score (nSPS) is 13.3. The molecule has 0 unspecified atom stereocenters. The van der Waals surface area contributed by atoms with Gasteiger partial charge in [0.2, 0.25) is 0 Å². The number of nitrogens with zero attached hydrogens (tertiary/aromatic N) is 1. The minimum atomic E-state index is 0.00817. The Labute approximate surface area is 157 Å². The first-order chi connectivity index (χ1) is 12.7. The zero-order valence-corrected chi connectivity index (χ0v) is 15.2. The van der Waals surface area contributed by atoms with E-state index in [1.807, 2.05) is 54.8 Å². The van der Waals surface area contributed by atoms with Gasteiger partial charge in [-0.25, -0.2) is 4.98 Å². The van der Waals surface area contributed by atoms with E-state index in [0.717, 1.165) is 39.1 Å². The Morgan fingerprint density at radius 2 is 1.88 bits per heavy atom. The number of anilines is 1. The molecular formula is C22H18N2OS. The lowest BCUT2D eigenvalue weighted by molar-refractivity contribution is 0.105. The molecule has 1 aliphatic carbocycles. The Bertz CT molecular complexity index is 1040. The Morgan fingerprint density at radius 3 is 2.73 bits per heavy atom. The summed E-state index contributed by atoms with van der Waals surface area (Å²) in [6.07, 6.45) is 6.43. The second-order valence-corrected chi connectivity index (χ2v) is 7.04. The summed E-state index contributed by atoms with van der Waals surface area (Å²) in [7, 11) is 0. The van der Waals surface area contributed by atoms with Gasteiger partial charge in [-0.3, -0.25) is 4.79 Å². The zero-order valence-electron chi connectivity index (χ0n) is 14.4. The van der Waals surface area contributed by atoms with Crippen LogP contribution in [0.25, 0.3) is 16.7 Å². The van der Waals surface area contributed by atoms with E-state index in [2.05, 4.69) is 17.1 Å². The molecule has 4 heteroatoms. The van der Waals surface area contributed by atoms with E-state index in [1.165, 1.54) is 0 Å². The van der Waals surface area contributed by atoms with Crippen LogP contribution in [0.2, 0.25) is 0 Å². The minimum absolute atomic E-state index is 0.00817. The quantitative estimate of drug-likeness (QED) is 0.678. The fourth-order valence-electron chi connectivity index (χ4n) is 3.38. The molecular weight excluding hydrogens is 340 g/mol. The minimum Gasteiger partial charge on any atom is -0.383 e. The highest BCUT2D eigenvalue weighted by molar-refractivity contribution is 7.98. The smallest absolute Gasteiger partial charge is 0.193 e. The van der Waals surface area contributed by atoms with Gasteiger partial charge in [-0.05, 0) is 47.6 Å². The van der Waals surface area contributed by atoms with Crippen LogP contribution in [0.1, 0.15) is 21.5 Å². The highest BCUT2D eigenvalue weighted by atomic mass is 32.2. The third-order valence-electron chi connectivity index (χ3n) is 4.66. The van der Waals surface area contributed by atoms with Gasteiger partial charge in [-0.1, -0.05) is 42.5 Å². The summed E-state index contributed by atoms with van der Waals surface area (Å²) >= 11 is 1.69. The van der Waals surface area contributed by atoms with E-state index in [0.29, 0.717) is 11.4 Å². The SMILES string of the molecule is CSc1cccc(-c2ccnc(N)c2C2=CCc3ccccc3C2=O)c1. The van der Waals surface area contributed by atoms with Crippen LogP contribution in [-0.2, 0) is 6.42 Å². The number of nitrogens with two attached hydrogens (primary N) is 1. The van der Waals surface area contributed by atoms with Gasteiger partial charge < -0.3 is 5.73 Å². The molecule has 0 radical (unpaired) electrons. The van der Waals surface area contributed by atoms with E-state index in [1.54, 1.807) is 18.0 Å². The molecule has 1 aliphatic rings. The molecule has 1 heterocycles. The molecule has 2 N–H and O–H groups in total. The summed E-state index contributed by atoms with van der Waals surface area (Å²) in [5.41, 5.74) is 11.4. The summed E-state index contributed by atoms with van der Waals surface area (Å²) < 4.78 is 0. The van der Waals surface area contributed by atoms with Gasteiger partial charge >= 0.3 is 0 Å². The van der Waals surface area contributed by atoms with Crippen molar-refractivity contribution in [1.82, 2.24) is 4.98 Å². The molecule has 1 aromatic heterocycles. The lowest BCUT2D eigenvalue weighted by Crippen LogP contribution is -2.13. The number of pyridine rings is 1. The number of carbonyl (C=O) groups is 1. The molecule has 2 aromatic carbocycles. The maximum Gasteiger partial charge on any atom is 0.193 e. The van der Waals surface area contributed by atoms with Crippen LogP contribution in [-0.4, -0.2) is 17.0 Å². The molecule has 0 saturated carbocycles. The average molecular weight is 358 g/mol. The fourth-order valence-corrected chi connectivity index (χ4v) is 3.84. The number of aromatic nitrogens is 1. The van der Waals surface area contributed by atoms with Crippen LogP contribution in [0.15, 0.2) is 71.8 Å². The number of benzene rings is 2. The number of Topliss-reactive ketones (excluding diaryl/α,β-unsaturated/α-hetero) is 1. The van der Waals surface area contributed by atoms with Gasteiger partial charge in [0.25, 0.3) is 0 Å². The number of rotatable bonds is 3. The maximum atomic E-state index is 13.1. The number of allylic oxidation sites excluding steroid dienone is 2. The molecule has 0 fully saturated rings. The second-order valence-electron chi connectivity index (χ2n) is 6.16. The molecule has 0 aliphatic heterocycles. The first kappa shape index (κ1) is 16.6. The summed E-state index contributed by atoms with van der Waals surface area (Å²) in [6.45, 7) is 0. The largest absolute Gasteiger partial charge is 0.383 e. The highest BCUT2D eigenvalue weighted by Crippen LogP contribution is 2.37. The Morgan fingerprint density at radius 1 is 1.04 bits per heavy atom. The van der Waals surface area contributed by atoms with Crippen molar-refractivity contribution in [2.75, 3.05) is 12.0 Å². The zero-order chi connectivity index (χ0) is 18.1. The lowest BCUT2D eigenvalue weighted by Gasteiger charge is -2.19. The predicted molar refractivity (Wildman–Crippen MR) is 108 cm³/mol. The van der Waals surface area contributed by atoms with E-state index in [4.69, 9.17) is 5.73 Å². The van der Waals surface area contributed by atoms with E-state index in [9.17, 15) is 4.79 Å². The number of carbonyl (C=O) groups excluding carboxylic acids is 1. The molecule has 0 bridgehead atoms. The first-order valence-corrected chi connectivity index (χ1v) is 9.63. The number of hydrogen-bond acceptors (Lipinski definition) is 4. The topological polar surface area (TPSA) is 56.0 Å². The molecule has 0 amide bonds. The summed E-state index contributed by atoms with van der Waals surface area (Å²) in [5, 5.41) is 0. The van der Waals surface area contributed by atoms with Crippen molar-refractivity contribution in [2.45, 2.75) is 11.3 Å². The van der Waals surface area contributed by atoms with Crippen molar-refractivity contribution >= 4 is 28.9 Å². The van der Waals surface area contributed by atoms with Crippen LogP contribution < -0.4 is 5.73 Å². The highest BCUT2D eigenvalue weighted by Gasteiger charge is 2.25. The number of thioether (sulfide) groups is 1. The van der Waals surface area contributed by atoms with Crippen molar-refractivity contribution in [2.24, 2.45) is 0 Å². The van der Waals surface area contributed by atoms with Crippen molar-refractivity contribution < 1.29 is 4.79 Å². The fraction of sp³-hybridized carbons (Fsp3) is 0.0909. The molecule has 3 nitrogen and oxygen atoms in total. The first-order valence-electron chi connectivity index (χ1n) is 8.41. The van der Waals surface area contributed by atoms with Crippen LogP contribution in [0.3, 0.4) is 0 Å². The van der Waals surface area contributed by atoms with Crippen LogP contribution in [0, 0.1) is 0 Å². The van der Waals surface area contributed by atoms with E-state index >= 15 is 0 Å². The van der Waals surface area contributed by atoms with Crippen LogP contribution in [0.5, 0.6) is 0 Å². The summed E-state index contributed by atoms with van der Waals surface area (Å²) in [5.74, 6) is 0.393. The standard InChI is InChI=1S/C22H18N2OS/c1-26-16-7-4-6-15(13-16)17-11-12-24-22(23)20(17)19-10-9-14-5-2-3-8-18(14)21(19)25/h2-8,10-13H,9H2,1H3,(H2,23,24). The molecule has 4 rings (SSSR count). The van der Waals surface area contributed by atoms with Crippen molar-refractivity contribution in [3.05, 3.63) is 83.6 Å². The third-order valence-corrected chi connectivity index (χ3v) is 5.39. The van der Waals surface area contributed by atoms with Crippen molar-refractivity contribution in [3.63, 3.8) is 0 Å². The van der Waals surface area contributed by atoms with E-state index < -0.39 is 0 Å². The third kappa shape index (κ3) is 2.82. The summed E-state index contributed by atoms with van der Waals surface area (Å²) in [6, 6.07) is 17.9. The maximum absolute atomic E-state index is 13.1. The predicted octanol–water partition coefficient (Wildman–Crippen LogP) is 4.88. The van der Waals surface area contributed by atoms with Gasteiger partial charge in [0.1, 0.15) is 5.82 Å². The van der Waals surface area contributed by atoms with Crippen LogP contribution >= 0.6 is 11.8 Å². The van der Waals surface area contributed by atoms with Crippen LogP contribution in [0.4, 0.5) is 5.82 Å². The molecule has 0 atom stereocenters. The molecule has 0 saturated heterocycles. The van der Waals surface area contributed by atoms with Crippen molar-refractivity contribution in [1.29, 1.82) is 0 Å². The number of nitrogen functional groups attached to an aromatic ring is 1. The number of hydrogen-bond donors (Lipinski definition) is 1. The molecule has 128 valence electrons.